The van der Waals surface area contributed by atoms with E-state index in [1.54, 1.807) is 4.40 Å². The minimum absolute atomic E-state index is 0.00801. The van der Waals surface area contributed by atoms with Gasteiger partial charge in [-0.3, -0.25) is 4.79 Å². The largest absolute Gasteiger partial charge is 0.349 e. The molecule has 0 atom stereocenters. The third kappa shape index (κ3) is 2.19. The smallest absolute Gasteiger partial charge is 0.274 e. The van der Waals surface area contributed by atoms with Crippen molar-refractivity contribution in [2.75, 3.05) is 0 Å². The number of rotatable bonds is 2. The predicted octanol–water partition coefficient (Wildman–Crippen LogP) is 3.15. The molecule has 3 heterocycles. The monoisotopic (exact) mass is 323 g/mol. The summed E-state index contributed by atoms with van der Waals surface area (Å²) in [5.74, 6) is 0. The summed E-state index contributed by atoms with van der Waals surface area (Å²) in [4.78, 5) is 18.0. The van der Waals surface area contributed by atoms with E-state index in [0.29, 0.717) is 6.04 Å². The van der Waals surface area contributed by atoms with Gasteiger partial charge in [-0.2, -0.15) is 0 Å². The molecule has 0 saturated heterocycles. The summed E-state index contributed by atoms with van der Waals surface area (Å²) in [6.45, 7) is 6.40. The lowest BCUT2D eigenvalue weighted by atomic mass is 10.3. The van der Waals surface area contributed by atoms with Crippen LogP contribution in [0, 0.1) is 6.92 Å². The van der Waals surface area contributed by atoms with Gasteiger partial charge in [0, 0.05) is 17.9 Å². The summed E-state index contributed by atoms with van der Waals surface area (Å²) in [6.07, 6.45) is 4.06. The third-order valence-corrected chi connectivity index (χ3v) is 5.04. The van der Waals surface area contributed by atoms with Crippen LogP contribution in [0.5, 0.6) is 0 Å². The van der Waals surface area contributed by atoms with Crippen molar-refractivity contribution in [2.45, 2.75) is 26.8 Å². The van der Waals surface area contributed by atoms with Crippen LogP contribution in [-0.4, -0.2) is 14.0 Å². The molecule has 4 aromatic rings. The number of para-hydroxylation sites is 2. The Kier molecular flexibility index (Phi) is 3.13. The van der Waals surface area contributed by atoms with E-state index in [1.807, 2.05) is 30.3 Å². The predicted molar refractivity (Wildman–Crippen MR) is 95.2 cm³/mol. The molecule has 116 valence electrons. The van der Waals surface area contributed by atoms with Gasteiger partial charge >= 0.3 is 0 Å². The maximum Gasteiger partial charge on any atom is 0.274 e. The highest BCUT2D eigenvalue weighted by Crippen LogP contribution is 2.17. The van der Waals surface area contributed by atoms with Crippen LogP contribution in [0.2, 0.25) is 0 Å². The molecule has 0 unspecified atom stereocenters. The minimum atomic E-state index is 0.00801. The number of aryl methyl sites for hydroxylation is 1. The number of fused-ring (bicyclic) bond motifs is 3. The van der Waals surface area contributed by atoms with E-state index in [-0.39, 0.29) is 5.56 Å². The first kappa shape index (κ1) is 14.2. The van der Waals surface area contributed by atoms with E-state index in [4.69, 9.17) is 0 Å². The quantitative estimate of drug-likeness (QED) is 0.568. The molecule has 0 aliphatic rings. The van der Waals surface area contributed by atoms with Crippen molar-refractivity contribution in [2.24, 2.45) is 0 Å². The minimum Gasteiger partial charge on any atom is -0.349 e. The van der Waals surface area contributed by atoms with Crippen molar-refractivity contribution in [1.82, 2.24) is 14.0 Å². The van der Waals surface area contributed by atoms with Gasteiger partial charge in [-0.15, -0.1) is 0 Å². The molecule has 0 spiro atoms. The van der Waals surface area contributed by atoms with Gasteiger partial charge in [0.25, 0.3) is 5.56 Å². The molecule has 1 aromatic carbocycles. The second-order valence-corrected chi connectivity index (χ2v) is 7.06. The number of benzene rings is 1. The summed E-state index contributed by atoms with van der Waals surface area (Å²) in [6, 6.07) is 10.3. The van der Waals surface area contributed by atoms with Gasteiger partial charge in [-0.25, -0.2) is 9.38 Å². The van der Waals surface area contributed by atoms with Crippen LogP contribution in [-0.2, 0) is 0 Å². The van der Waals surface area contributed by atoms with Gasteiger partial charge in [0.05, 0.1) is 15.6 Å². The molecule has 4 nitrogen and oxygen atoms in total. The molecule has 0 amide bonds. The van der Waals surface area contributed by atoms with Gasteiger partial charge in [0.1, 0.15) is 0 Å². The van der Waals surface area contributed by atoms with Crippen LogP contribution in [0.4, 0.5) is 0 Å². The Bertz CT molecular complexity index is 1130. The molecule has 0 bridgehead atoms. The summed E-state index contributed by atoms with van der Waals surface area (Å²) in [7, 11) is 0. The average Bonchev–Trinajstić information content (AvgIpc) is 3.13. The van der Waals surface area contributed by atoms with Crippen molar-refractivity contribution in [3.05, 3.63) is 62.7 Å². The molecule has 23 heavy (non-hydrogen) atoms. The number of aromatic nitrogens is 3. The standard InChI is InChI=1S/C18H17N3OS/c1-11(2)20-10-13(8-12(20)3)9-16-17(22)21-15-7-5-4-6-14(15)19-18(21)23-16/h4-11H,1-3H3/b16-9+. The second kappa shape index (κ2) is 5.06. The van der Waals surface area contributed by atoms with Gasteiger partial charge in [0.2, 0.25) is 0 Å². The van der Waals surface area contributed by atoms with Crippen molar-refractivity contribution >= 4 is 33.4 Å². The highest BCUT2D eigenvalue weighted by Gasteiger charge is 2.11. The second-order valence-electron chi connectivity index (χ2n) is 6.05. The van der Waals surface area contributed by atoms with E-state index >= 15 is 0 Å². The first-order valence-electron chi connectivity index (χ1n) is 7.65. The van der Waals surface area contributed by atoms with Crippen LogP contribution < -0.4 is 10.1 Å². The zero-order chi connectivity index (χ0) is 16.1. The first-order valence-corrected chi connectivity index (χ1v) is 8.46. The van der Waals surface area contributed by atoms with Crippen LogP contribution >= 0.6 is 11.3 Å². The van der Waals surface area contributed by atoms with Crippen molar-refractivity contribution in [3.8, 4) is 0 Å². The number of thiazole rings is 1. The fourth-order valence-corrected chi connectivity index (χ4v) is 4.00. The molecule has 5 heteroatoms. The maximum absolute atomic E-state index is 12.7. The molecule has 0 aliphatic carbocycles. The maximum atomic E-state index is 12.7. The van der Waals surface area contributed by atoms with E-state index in [0.717, 1.165) is 26.1 Å². The van der Waals surface area contributed by atoms with Crippen molar-refractivity contribution < 1.29 is 0 Å². The van der Waals surface area contributed by atoms with Crippen LogP contribution in [0.3, 0.4) is 0 Å². The molecule has 0 radical (unpaired) electrons. The number of hydrogen-bond donors (Lipinski definition) is 0. The molecular formula is C18H17N3OS. The van der Waals surface area contributed by atoms with E-state index in [9.17, 15) is 4.79 Å². The number of nitrogens with zero attached hydrogens (tertiary/aromatic N) is 3. The molecule has 0 fully saturated rings. The Hall–Kier alpha value is -2.40. The number of imidazole rings is 1. The van der Waals surface area contributed by atoms with E-state index in [2.05, 4.69) is 42.6 Å². The average molecular weight is 323 g/mol. The lowest BCUT2D eigenvalue weighted by Gasteiger charge is -2.08. The van der Waals surface area contributed by atoms with Crippen molar-refractivity contribution in [3.63, 3.8) is 0 Å². The van der Waals surface area contributed by atoms with Crippen LogP contribution in [0.15, 0.2) is 41.3 Å². The topological polar surface area (TPSA) is 39.3 Å². The highest BCUT2D eigenvalue weighted by molar-refractivity contribution is 7.15. The summed E-state index contributed by atoms with van der Waals surface area (Å²) >= 11 is 1.44. The Labute approximate surface area is 137 Å². The molecule has 0 aliphatic heterocycles. The first-order chi connectivity index (χ1) is 11.0. The molecule has 4 rings (SSSR count). The highest BCUT2D eigenvalue weighted by atomic mass is 32.1. The Balaban J connectivity index is 1.94. The zero-order valence-corrected chi connectivity index (χ0v) is 14.1. The molecular weight excluding hydrogens is 306 g/mol. The van der Waals surface area contributed by atoms with Crippen LogP contribution in [0.25, 0.3) is 22.1 Å². The molecule has 0 saturated carbocycles. The normalized spacial score (nSPS) is 13.0. The number of hydrogen-bond acceptors (Lipinski definition) is 3. The summed E-state index contributed by atoms with van der Waals surface area (Å²) in [5.41, 5.74) is 4.00. The van der Waals surface area contributed by atoms with Crippen molar-refractivity contribution in [1.29, 1.82) is 0 Å². The Morgan fingerprint density at radius 1 is 1.26 bits per heavy atom. The van der Waals surface area contributed by atoms with E-state index < -0.39 is 0 Å². The third-order valence-electron chi connectivity index (χ3n) is 4.07. The summed E-state index contributed by atoms with van der Waals surface area (Å²) < 4.78 is 4.64. The zero-order valence-electron chi connectivity index (χ0n) is 13.3. The Morgan fingerprint density at radius 3 is 2.78 bits per heavy atom. The fraction of sp³-hybridized carbons (Fsp3) is 0.222. The SMILES string of the molecule is Cc1cc(/C=c2/sc3nc4ccccc4n3c2=O)cn1C(C)C. The van der Waals surface area contributed by atoms with Gasteiger partial charge < -0.3 is 4.57 Å². The lowest BCUT2D eigenvalue weighted by molar-refractivity contribution is 0.589. The molecule has 0 N–H and O–H groups in total. The fourth-order valence-electron chi connectivity index (χ4n) is 3.01. The molecule has 3 aromatic heterocycles. The van der Waals surface area contributed by atoms with Gasteiger partial charge in [-0.05, 0) is 50.6 Å². The Morgan fingerprint density at radius 2 is 2.04 bits per heavy atom. The van der Waals surface area contributed by atoms with Gasteiger partial charge in [0.15, 0.2) is 4.96 Å². The van der Waals surface area contributed by atoms with E-state index in [1.165, 1.54) is 17.0 Å². The van der Waals surface area contributed by atoms with Crippen LogP contribution in [0.1, 0.15) is 31.1 Å². The lowest BCUT2D eigenvalue weighted by Crippen LogP contribution is -2.22. The van der Waals surface area contributed by atoms with Gasteiger partial charge in [-0.1, -0.05) is 23.5 Å². The summed E-state index contributed by atoms with van der Waals surface area (Å²) in [5, 5.41) is 0.